The molecule has 0 bridgehead atoms. The molecule has 0 saturated carbocycles. The minimum atomic E-state index is 0.367. The molecule has 4 heteroatoms. The number of likely N-dealkylation sites (N-methyl/N-ethyl adjacent to an activating group) is 1. The summed E-state index contributed by atoms with van der Waals surface area (Å²) in [4.78, 5) is 6.23. The first-order chi connectivity index (χ1) is 9.24. The molecule has 1 unspecified atom stereocenters. The maximum Gasteiger partial charge on any atom is 0.126 e. The summed E-state index contributed by atoms with van der Waals surface area (Å²) in [6.07, 6.45) is 2.69. The molecule has 2 N–H and O–H groups in total. The summed E-state index contributed by atoms with van der Waals surface area (Å²) in [6.45, 7) is 0.647. The number of ether oxygens (including phenoxy) is 1. The Labute approximate surface area is 112 Å². The predicted octanol–water partition coefficient (Wildman–Crippen LogP) is 2.10. The number of anilines is 2. The topological polar surface area (TPSA) is 51.4 Å². The highest BCUT2D eigenvalue weighted by molar-refractivity contribution is 5.58. The van der Waals surface area contributed by atoms with Crippen molar-refractivity contribution < 1.29 is 4.74 Å². The molecule has 1 aliphatic rings. The molecule has 98 valence electrons. The van der Waals surface area contributed by atoms with Gasteiger partial charge in [-0.2, -0.15) is 0 Å². The molecule has 4 nitrogen and oxygen atoms in total. The summed E-state index contributed by atoms with van der Waals surface area (Å²) in [7, 11) is 2.11. The van der Waals surface area contributed by atoms with Gasteiger partial charge in [-0.3, -0.25) is 0 Å². The number of aromatic nitrogens is 1. The van der Waals surface area contributed by atoms with Crippen LogP contribution in [0.15, 0.2) is 42.6 Å². The van der Waals surface area contributed by atoms with Crippen molar-refractivity contribution in [3.05, 3.63) is 48.2 Å². The van der Waals surface area contributed by atoms with E-state index in [-0.39, 0.29) is 0 Å². The highest BCUT2D eigenvalue weighted by Gasteiger charge is 2.26. The van der Waals surface area contributed by atoms with Gasteiger partial charge in [0.1, 0.15) is 18.2 Å². The molecule has 2 heterocycles. The van der Waals surface area contributed by atoms with E-state index in [0.29, 0.717) is 18.5 Å². The van der Waals surface area contributed by atoms with Crippen LogP contribution >= 0.6 is 0 Å². The first-order valence-corrected chi connectivity index (χ1v) is 6.39. The third-order valence-electron chi connectivity index (χ3n) is 3.57. The Bertz CT molecular complexity index is 585. The second-order valence-electron chi connectivity index (χ2n) is 4.82. The van der Waals surface area contributed by atoms with Gasteiger partial charge >= 0.3 is 0 Å². The van der Waals surface area contributed by atoms with Crippen molar-refractivity contribution in [3.63, 3.8) is 0 Å². The van der Waals surface area contributed by atoms with Gasteiger partial charge in [0.05, 0.1) is 6.04 Å². The van der Waals surface area contributed by atoms with Crippen molar-refractivity contribution in [1.29, 1.82) is 0 Å². The zero-order valence-electron chi connectivity index (χ0n) is 10.9. The fourth-order valence-corrected chi connectivity index (χ4v) is 2.50. The molecule has 1 aromatic heterocycles. The van der Waals surface area contributed by atoms with E-state index in [2.05, 4.69) is 41.2 Å². The van der Waals surface area contributed by atoms with E-state index < -0.39 is 0 Å². The van der Waals surface area contributed by atoms with Crippen LogP contribution in [-0.4, -0.2) is 24.7 Å². The number of rotatable bonds is 3. The van der Waals surface area contributed by atoms with Crippen molar-refractivity contribution in [1.82, 2.24) is 4.98 Å². The number of pyridine rings is 1. The molecule has 0 aliphatic carbocycles. The number of para-hydroxylation sites is 1. The molecule has 0 fully saturated rings. The van der Waals surface area contributed by atoms with E-state index in [1.165, 1.54) is 11.3 Å². The number of benzene rings is 1. The molecule has 1 aromatic carbocycles. The Kier molecular flexibility index (Phi) is 2.99. The molecule has 0 radical (unpaired) electrons. The highest BCUT2D eigenvalue weighted by Crippen LogP contribution is 2.30. The number of nitrogen functional groups attached to an aromatic ring is 1. The van der Waals surface area contributed by atoms with E-state index in [1.54, 1.807) is 12.3 Å². The zero-order chi connectivity index (χ0) is 13.2. The minimum absolute atomic E-state index is 0.367. The third-order valence-corrected chi connectivity index (χ3v) is 3.57. The van der Waals surface area contributed by atoms with Gasteiger partial charge in [0, 0.05) is 25.0 Å². The van der Waals surface area contributed by atoms with Gasteiger partial charge in [0.2, 0.25) is 0 Å². The van der Waals surface area contributed by atoms with Crippen LogP contribution in [0.25, 0.3) is 0 Å². The van der Waals surface area contributed by atoms with E-state index in [0.717, 1.165) is 12.2 Å². The summed E-state index contributed by atoms with van der Waals surface area (Å²) in [5, 5.41) is 0. The van der Waals surface area contributed by atoms with Crippen LogP contribution < -0.4 is 15.4 Å². The summed E-state index contributed by atoms with van der Waals surface area (Å²) in [5.74, 6) is 1.26. The molecule has 19 heavy (non-hydrogen) atoms. The molecule has 2 aromatic rings. The van der Waals surface area contributed by atoms with Crippen molar-refractivity contribution in [3.8, 4) is 5.75 Å². The normalized spacial score (nSPS) is 17.3. The SMILES string of the molecule is CN1c2ccccc2CC1COc1ccnc(N)c1. The number of fused-ring (bicyclic) bond motifs is 1. The van der Waals surface area contributed by atoms with Crippen LogP contribution in [0.4, 0.5) is 11.5 Å². The van der Waals surface area contributed by atoms with Crippen molar-refractivity contribution in [2.75, 3.05) is 24.3 Å². The van der Waals surface area contributed by atoms with Crippen LogP contribution in [0.3, 0.4) is 0 Å². The number of nitrogens with zero attached hydrogens (tertiary/aromatic N) is 2. The lowest BCUT2D eigenvalue weighted by atomic mass is 10.1. The van der Waals surface area contributed by atoms with E-state index in [4.69, 9.17) is 10.5 Å². The quantitative estimate of drug-likeness (QED) is 0.912. The third kappa shape index (κ3) is 2.34. The van der Waals surface area contributed by atoms with Crippen molar-refractivity contribution in [2.45, 2.75) is 12.5 Å². The summed E-state index contributed by atoms with van der Waals surface area (Å²) in [5.41, 5.74) is 8.32. The smallest absolute Gasteiger partial charge is 0.126 e. The van der Waals surface area contributed by atoms with Crippen LogP contribution in [0, 0.1) is 0 Å². The first-order valence-electron chi connectivity index (χ1n) is 6.39. The first kappa shape index (κ1) is 11.8. The Hall–Kier alpha value is -2.23. The predicted molar refractivity (Wildman–Crippen MR) is 76.5 cm³/mol. The lowest BCUT2D eigenvalue weighted by molar-refractivity contribution is 0.288. The van der Waals surface area contributed by atoms with Crippen molar-refractivity contribution in [2.24, 2.45) is 0 Å². The highest BCUT2D eigenvalue weighted by atomic mass is 16.5. The summed E-state index contributed by atoms with van der Waals surface area (Å²) in [6, 6.07) is 12.4. The summed E-state index contributed by atoms with van der Waals surface area (Å²) >= 11 is 0. The Morgan fingerprint density at radius 3 is 3.00 bits per heavy atom. The fraction of sp³-hybridized carbons (Fsp3) is 0.267. The molecule has 3 rings (SSSR count). The lowest BCUT2D eigenvalue weighted by Crippen LogP contribution is -2.33. The zero-order valence-corrected chi connectivity index (χ0v) is 10.9. The Morgan fingerprint density at radius 2 is 2.21 bits per heavy atom. The molecule has 0 amide bonds. The standard InChI is InChI=1S/C15H17N3O/c1-18-12(8-11-4-2-3-5-14(11)18)10-19-13-6-7-17-15(16)9-13/h2-7,9,12H,8,10H2,1H3,(H2,16,17). The van der Waals surface area contributed by atoms with Gasteiger partial charge in [-0.05, 0) is 24.1 Å². The fourth-order valence-electron chi connectivity index (χ4n) is 2.50. The van der Waals surface area contributed by atoms with Gasteiger partial charge in [-0.15, -0.1) is 0 Å². The van der Waals surface area contributed by atoms with Gasteiger partial charge in [-0.25, -0.2) is 4.98 Å². The van der Waals surface area contributed by atoms with E-state index >= 15 is 0 Å². The maximum atomic E-state index is 5.81. The Balaban J connectivity index is 1.67. The average Bonchev–Trinajstić information content (AvgIpc) is 2.74. The summed E-state index contributed by atoms with van der Waals surface area (Å²) < 4.78 is 5.81. The van der Waals surface area contributed by atoms with E-state index in [1.807, 2.05) is 6.07 Å². The Morgan fingerprint density at radius 1 is 1.37 bits per heavy atom. The molecular formula is C15H17N3O. The molecule has 0 spiro atoms. The van der Waals surface area contributed by atoms with Gasteiger partial charge in [-0.1, -0.05) is 18.2 Å². The van der Waals surface area contributed by atoms with Gasteiger partial charge in [0.15, 0.2) is 0 Å². The minimum Gasteiger partial charge on any atom is -0.491 e. The molecule has 0 saturated heterocycles. The molecular weight excluding hydrogens is 238 g/mol. The molecule has 1 atom stereocenters. The van der Waals surface area contributed by atoms with Crippen LogP contribution in [-0.2, 0) is 6.42 Å². The van der Waals surface area contributed by atoms with Crippen LogP contribution in [0.1, 0.15) is 5.56 Å². The number of hydrogen-bond donors (Lipinski definition) is 1. The van der Waals surface area contributed by atoms with Crippen LogP contribution in [0.5, 0.6) is 5.75 Å². The second-order valence-corrected chi connectivity index (χ2v) is 4.82. The van der Waals surface area contributed by atoms with Gasteiger partial charge in [0.25, 0.3) is 0 Å². The monoisotopic (exact) mass is 255 g/mol. The number of nitrogens with two attached hydrogens (primary N) is 1. The van der Waals surface area contributed by atoms with Crippen molar-refractivity contribution >= 4 is 11.5 Å². The van der Waals surface area contributed by atoms with Crippen LogP contribution in [0.2, 0.25) is 0 Å². The largest absolute Gasteiger partial charge is 0.491 e. The maximum absolute atomic E-state index is 5.81. The average molecular weight is 255 g/mol. The number of hydrogen-bond acceptors (Lipinski definition) is 4. The molecule has 1 aliphatic heterocycles. The second kappa shape index (κ2) is 4.80. The lowest BCUT2D eigenvalue weighted by Gasteiger charge is -2.22. The van der Waals surface area contributed by atoms with Gasteiger partial charge < -0.3 is 15.4 Å². The van der Waals surface area contributed by atoms with E-state index in [9.17, 15) is 0 Å².